The van der Waals surface area contributed by atoms with Gasteiger partial charge in [0.05, 0.1) is 17.6 Å². The molecule has 2 aromatic rings. The fraction of sp³-hybridized carbons (Fsp3) is 0.200. The second-order valence-electron chi connectivity index (χ2n) is 4.71. The molecule has 0 radical (unpaired) electrons. The summed E-state index contributed by atoms with van der Waals surface area (Å²) in [6, 6.07) is 5.24. The predicted molar refractivity (Wildman–Crippen MR) is 89.0 cm³/mol. The van der Waals surface area contributed by atoms with Crippen molar-refractivity contribution in [1.82, 2.24) is 0 Å². The highest BCUT2D eigenvalue weighted by atomic mass is 35.5. The van der Waals surface area contributed by atoms with Crippen molar-refractivity contribution >= 4 is 45.5 Å². The van der Waals surface area contributed by atoms with Crippen molar-refractivity contribution in [2.75, 3.05) is 18.2 Å². The summed E-state index contributed by atoms with van der Waals surface area (Å²) in [4.78, 5) is 24.4. The molecule has 0 aliphatic rings. The molecule has 0 unspecified atom stereocenters. The number of benzene rings is 1. The van der Waals surface area contributed by atoms with E-state index in [9.17, 15) is 9.59 Å². The molecule has 0 saturated carbocycles. The summed E-state index contributed by atoms with van der Waals surface area (Å²) >= 11 is 7.09. The van der Waals surface area contributed by atoms with Gasteiger partial charge >= 0.3 is 5.97 Å². The largest absolute Gasteiger partial charge is 0.465 e. The quantitative estimate of drug-likeness (QED) is 0.837. The van der Waals surface area contributed by atoms with Crippen LogP contribution >= 0.6 is 22.9 Å². The Morgan fingerprint density at radius 1 is 1.32 bits per heavy atom. The number of thiophene rings is 1. The number of ether oxygens (including phenoxy) is 1. The molecule has 22 heavy (non-hydrogen) atoms. The molecule has 3 N–H and O–H groups in total. The molecule has 0 aliphatic heterocycles. The number of halogens is 1. The Morgan fingerprint density at radius 2 is 2.00 bits per heavy atom. The Bertz CT molecular complexity index is 755. The Hall–Kier alpha value is -2.05. The second kappa shape index (κ2) is 6.37. The van der Waals surface area contributed by atoms with Crippen LogP contribution in [0, 0.1) is 13.8 Å². The van der Waals surface area contributed by atoms with Crippen molar-refractivity contribution in [2.24, 2.45) is 0 Å². The number of amides is 1. The number of nitrogens with one attached hydrogen (secondary N) is 1. The monoisotopic (exact) mass is 338 g/mol. The van der Waals surface area contributed by atoms with Crippen LogP contribution in [-0.2, 0) is 4.74 Å². The predicted octanol–water partition coefficient (Wildman–Crippen LogP) is 3.64. The molecule has 2 rings (SSSR count). The maximum Gasteiger partial charge on any atom is 0.341 e. The maximum absolute atomic E-state index is 12.4. The van der Waals surface area contributed by atoms with E-state index in [-0.39, 0.29) is 16.5 Å². The summed E-state index contributed by atoms with van der Waals surface area (Å²) in [5.74, 6) is -0.895. The maximum atomic E-state index is 12.4. The third-order valence-electron chi connectivity index (χ3n) is 3.20. The third kappa shape index (κ3) is 3.08. The van der Waals surface area contributed by atoms with E-state index in [2.05, 4.69) is 10.1 Å². The molecule has 7 heteroatoms. The number of nitrogen functional groups attached to an aromatic ring is 1. The van der Waals surface area contributed by atoms with E-state index in [4.69, 9.17) is 17.3 Å². The molecule has 116 valence electrons. The lowest BCUT2D eigenvalue weighted by molar-refractivity contribution is 0.0601. The number of nitrogens with two attached hydrogens (primary N) is 1. The number of anilines is 2. The third-order valence-corrected chi connectivity index (χ3v) is 4.73. The van der Waals surface area contributed by atoms with Gasteiger partial charge in [-0.25, -0.2) is 4.79 Å². The molecular weight excluding hydrogens is 324 g/mol. The number of aryl methyl sites for hydroxylation is 1. The summed E-state index contributed by atoms with van der Waals surface area (Å²) in [5.41, 5.74) is 8.05. The first-order valence-corrected chi connectivity index (χ1v) is 7.59. The molecule has 1 amide bonds. The Balaban J connectivity index is 2.30. The number of carbonyl (C=O) groups excluding carboxylic acids is 2. The van der Waals surface area contributed by atoms with Gasteiger partial charge in [-0.15, -0.1) is 11.3 Å². The van der Waals surface area contributed by atoms with Crippen molar-refractivity contribution in [1.29, 1.82) is 0 Å². The number of carbonyl (C=O) groups is 2. The number of hydrogen-bond donors (Lipinski definition) is 2. The first-order chi connectivity index (χ1) is 10.3. The average molecular weight is 339 g/mol. The molecule has 1 aromatic carbocycles. The normalized spacial score (nSPS) is 10.4. The lowest BCUT2D eigenvalue weighted by Gasteiger charge is -2.06. The van der Waals surface area contributed by atoms with Crippen LogP contribution in [-0.4, -0.2) is 19.0 Å². The topological polar surface area (TPSA) is 81.4 Å². The minimum Gasteiger partial charge on any atom is -0.465 e. The highest BCUT2D eigenvalue weighted by molar-refractivity contribution is 7.18. The van der Waals surface area contributed by atoms with E-state index in [0.29, 0.717) is 21.2 Å². The van der Waals surface area contributed by atoms with Gasteiger partial charge in [0, 0.05) is 10.7 Å². The summed E-state index contributed by atoms with van der Waals surface area (Å²) < 4.78 is 4.68. The van der Waals surface area contributed by atoms with Crippen LogP contribution in [0.1, 0.15) is 31.2 Å². The molecule has 0 saturated heterocycles. The van der Waals surface area contributed by atoms with Gasteiger partial charge in [-0.05, 0) is 37.1 Å². The first-order valence-electron chi connectivity index (χ1n) is 6.39. The second-order valence-corrected chi connectivity index (χ2v) is 6.16. The van der Waals surface area contributed by atoms with Gasteiger partial charge in [-0.3, -0.25) is 4.79 Å². The van der Waals surface area contributed by atoms with Crippen LogP contribution in [0.5, 0.6) is 0 Å². The van der Waals surface area contributed by atoms with Gasteiger partial charge in [0.25, 0.3) is 5.91 Å². The van der Waals surface area contributed by atoms with Crippen molar-refractivity contribution in [2.45, 2.75) is 13.8 Å². The lowest BCUT2D eigenvalue weighted by Crippen LogP contribution is -2.12. The molecule has 0 spiro atoms. The minimum atomic E-state index is -0.552. The van der Waals surface area contributed by atoms with Crippen LogP contribution in [0.3, 0.4) is 0 Å². The number of methoxy groups -OCH3 is 1. The number of rotatable bonds is 3. The van der Waals surface area contributed by atoms with Gasteiger partial charge in [-0.2, -0.15) is 0 Å². The van der Waals surface area contributed by atoms with Crippen molar-refractivity contribution < 1.29 is 14.3 Å². The van der Waals surface area contributed by atoms with E-state index >= 15 is 0 Å². The van der Waals surface area contributed by atoms with Crippen LogP contribution in [0.2, 0.25) is 5.02 Å². The summed E-state index contributed by atoms with van der Waals surface area (Å²) in [7, 11) is 1.27. The molecule has 0 bridgehead atoms. The van der Waals surface area contributed by atoms with E-state index in [1.807, 2.05) is 13.0 Å². The van der Waals surface area contributed by atoms with Crippen LogP contribution in [0.4, 0.5) is 10.7 Å². The van der Waals surface area contributed by atoms with Crippen LogP contribution in [0.25, 0.3) is 0 Å². The Labute approximate surface area is 137 Å². The van der Waals surface area contributed by atoms with Crippen molar-refractivity contribution in [3.05, 3.63) is 44.8 Å². The number of esters is 1. The Kier molecular flexibility index (Phi) is 4.73. The summed E-state index contributed by atoms with van der Waals surface area (Å²) in [5, 5.41) is 3.57. The van der Waals surface area contributed by atoms with Crippen molar-refractivity contribution in [3.8, 4) is 0 Å². The summed E-state index contributed by atoms with van der Waals surface area (Å²) in [6.07, 6.45) is 0. The molecule has 0 fully saturated rings. The van der Waals surface area contributed by atoms with Crippen molar-refractivity contribution in [3.63, 3.8) is 0 Å². The highest BCUT2D eigenvalue weighted by Crippen LogP contribution is 2.32. The van der Waals surface area contributed by atoms with E-state index in [1.54, 1.807) is 19.1 Å². The average Bonchev–Trinajstić information content (AvgIpc) is 2.77. The smallest absolute Gasteiger partial charge is 0.341 e. The zero-order valence-corrected chi connectivity index (χ0v) is 13.9. The zero-order valence-electron chi connectivity index (χ0n) is 12.3. The van der Waals surface area contributed by atoms with Crippen LogP contribution in [0.15, 0.2) is 18.2 Å². The fourth-order valence-electron chi connectivity index (χ4n) is 1.97. The molecule has 1 heterocycles. The SMILES string of the molecule is COC(=O)c1c(N)sc(C(=O)Nc2ccc(C)c(Cl)c2)c1C. The standard InChI is InChI=1S/C15H15ClN2O3S/c1-7-4-5-9(6-10(7)16)18-14(19)12-8(2)11(13(17)22-12)15(20)21-3/h4-6H,17H2,1-3H3,(H,18,19). The first kappa shape index (κ1) is 16.3. The van der Waals surface area contributed by atoms with E-state index < -0.39 is 5.97 Å². The lowest BCUT2D eigenvalue weighted by atomic mass is 10.1. The van der Waals surface area contributed by atoms with E-state index in [0.717, 1.165) is 16.9 Å². The molecule has 5 nitrogen and oxygen atoms in total. The summed E-state index contributed by atoms with van der Waals surface area (Å²) in [6.45, 7) is 3.54. The van der Waals surface area contributed by atoms with Gasteiger partial charge in [-0.1, -0.05) is 17.7 Å². The number of hydrogen-bond acceptors (Lipinski definition) is 5. The van der Waals surface area contributed by atoms with E-state index in [1.165, 1.54) is 7.11 Å². The minimum absolute atomic E-state index is 0.236. The zero-order chi connectivity index (χ0) is 16.4. The molecule has 1 aromatic heterocycles. The fourth-order valence-corrected chi connectivity index (χ4v) is 3.10. The van der Waals surface area contributed by atoms with Gasteiger partial charge in [0.1, 0.15) is 5.00 Å². The van der Waals surface area contributed by atoms with Gasteiger partial charge in [0.15, 0.2) is 0 Å². The Morgan fingerprint density at radius 3 is 2.59 bits per heavy atom. The molecular formula is C15H15ClN2O3S. The van der Waals surface area contributed by atoms with Gasteiger partial charge < -0.3 is 15.8 Å². The highest BCUT2D eigenvalue weighted by Gasteiger charge is 2.23. The van der Waals surface area contributed by atoms with Crippen LogP contribution < -0.4 is 11.1 Å². The van der Waals surface area contributed by atoms with Gasteiger partial charge in [0.2, 0.25) is 0 Å². The molecule has 0 aliphatic carbocycles. The molecule has 0 atom stereocenters.